The second-order valence-electron chi connectivity index (χ2n) is 7.10. The van der Waals surface area contributed by atoms with Crippen LogP contribution >= 0.6 is 55.0 Å². The summed E-state index contributed by atoms with van der Waals surface area (Å²) >= 11 is 9.15. The number of halogens is 5. The minimum absolute atomic E-state index is 0.0747. The minimum atomic E-state index is -4.56. The van der Waals surface area contributed by atoms with E-state index in [4.69, 9.17) is 0 Å². The molecule has 0 fully saturated rings. The Balaban J connectivity index is 1.43. The molecule has 0 saturated carbocycles. The molecule has 180 valence electrons. The average Bonchev–Trinajstić information content (AvgIpc) is 3.21. The Kier molecular flexibility index (Phi) is 7.84. The standard InChI is InChI=1S/C23H14Br2F3N3O2S2/c24-13-7-12(21(33)16(25)8-13)10-29-14-5-6-18-19(9-14)35-22(31-18)34-11-20(32)30-17-4-2-1-3-15(17)23(26,27)28/h1-10,33H,11H2,(H,30,32). The van der Waals surface area contributed by atoms with Crippen molar-refractivity contribution in [2.24, 2.45) is 4.99 Å². The Hall–Kier alpha value is -2.41. The van der Waals surface area contributed by atoms with E-state index in [-0.39, 0.29) is 17.2 Å². The lowest BCUT2D eigenvalue weighted by molar-refractivity contribution is -0.137. The quantitative estimate of drug-likeness (QED) is 0.165. The van der Waals surface area contributed by atoms with Crippen molar-refractivity contribution in [1.82, 2.24) is 4.98 Å². The molecule has 0 aliphatic rings. The molecule has 12 heteroatoms. The largest absolute Gasteiger partial charge is 0.506 e. The number of hydrogen-bond donors (Lipinski definition) is 2. The van der Waals surface area contributed by atoms with Crippen LogP contribution < -0.4 is 5.32 Å². The van der Waals surface area contributed by atoms with Gasteiger partial charge in [-0.2, -0.15) is 13.2 Å². The Morgan fingerprint density at radius 3 is 2.71 bits per heavy atom. The summed E-state index contributed by atoms with van der Waals surface area (Å²) in [4.78, 5) is 21.1. The van der Waals surface area contributed by atoms with Crippen LogP contribution in [0, 0.1) is 0 Å². The van der Waals surface area contributed by atoms with Crippen LogP contribution in [0.1, 0.15) is 11.1 Å². The first kappa shape index (κ1) is 25.7. The Bertz CT molecular complexity index is 1440. The van der Waals surface area contributed by atoms with Crippen LogP contribution in [-0.4, -0.2) is 28.0 Å². The smallest absolute Gasteiger partial charge is 0.418 e. The van der Waals surface area contributed by atoms with E-state index in [0.717, 1.165) is 27.0 Å². The normalized spacial score (nSPS) is 11.9. The molecule has 1 aromatic heterocycles. The summed E-state index contributed by atoms with van der Waals surface area (Å²) in [5, 5.41) is 12.5. The van der Waals surface area contributed by atoms with Gasteiger partial charge in [-0.3, -0.25) is 9.79 Å². The average molecular weight is 645 g/mol. The zero-order chi connectivity index (χ0) is 25.2. The molecule has 3 aromatic carbocycles. The first-order chi connectivity index (χ1) is 16.6. The molecule has 4 rings (SSSR count). The third-order valence-corrected chi connectivity index (χ3v) is 7.82. The second kappa shape index (κ2) is 10.7. The Morgan fingerprint density at radius 1 is 1.17 bits per heavy atom. The molecule has 2 N–H and O–H groups in total. The highest BCUT2D eigenvalue weighted by Crippen LogP contribution is 2.36. The van der Waals surface area contributed by atoms with Gasteiger partial charge in [0, 0.05) is 16.3 Å². The zero-order valence-corrected chi connectivity index (χ0v) is 22.2. The number of aromatic nitrogens is 1. The van der Waals surface area contributed by atoms with Crippen LogP contribution in [0.4, 0.5) is 24.5 Å². The third kappa shape index (κ3) is 6.43. The van der Waals surface area contributed by atoms with Crippen molar-refractivity contribution in [3.63, 3.8) is 0 Å². The Labute approximate surface area is 222 Å². The van der Waals surface area contributed by atoms with E-state index in [2.05, 4.69) is 47.2 Å². The number of hydrogen-bond acceptors (Lipinski definition) is 6. The number of alkyl halides is 3. The number of anilines is 1. The number of nitrogens with zero attached hydrogens (tertiary/aromatic N) is 2. The molecule has 0 spiro atoms. The van der Waals surface area contributed by atoms with Crippen LogP contribution in [0.5, 0.6) is 5.75 Å². The van der Waals surface area contributed by atoms with Crippen LogP contribution in [0.15, 0.2) is 72.9 Å². The fourth-order valence-corrected chi connectivity index (χ4v) is 6.18. The number of para-hydroxylation sites is 1. The number of phenols is 1. The molecular weight excluding hydrogens is 631 g/mol. The van der Waals surface area contributed by atoms with Gasteiger partial charge in [-0.15, -0.1) is 11.3 Å². The van der Waals surface area contributed by atoms with Gasteiger partial charge >= 0.3 is 6.18 Å². The van der Waals surface area contributed by atoms with Crippen LogP contribution in [-0.2, 0) is 11.0 Å². The maximum absolute atomic E-state index is 13.1. The number of nitrogens with one attached hydrogen (secondary N) is 1. The number of carbonyl (C=O) groups excluding carboxylic acids is 1. The molecule has 4 aromatic rings. The van der Waals surface area contributed by atoms with Crippen molar-refractivity contribution < 1.29 is 23.1 Å². The van der Waals surface area contributed by atoms with Crippen LogP contribution in [0.25, 0.3) is 10.2 Å². The highest BCUT2D eigenvalue weighted by Gasteiger charge is 2.33. The van der Waals surface area contributed by atoms with Crippen LogP contribution in [0.3, 0.4) is 0 Å². The first-order valence-electron chi connectivity index (χ1n) is 9.82. The van der Waals surface area contributed by atoms with E-state index in [0.29, 0.717) is 25.6 Å². The van der Waals surface area contributed by atoms with Crippen molar-refractivity contribution >= 4 is 88.7 Å². The lowest BCUT2D eigenvalue weighted by Gasteiger charge is -2.13. The van der Waals surface area contributed by atoms with Crippen molar-refractivity contribution in [3.8, 4) is 5.75 Å². The summed E-state index contributed by atoms with van der Waals surface area (Å²) in [6.07, 6.45) is -3.01. The van der Waals surface area contributed by atoms with Gasteiger partial charge in [-0.05, 0) is 58.4 Å². The number of benzene rings is 3. The number of carbonyl (C=O) groups is 1. The number of amides is 1. The van der Waals surface area contributed by atoms with Gasteiger partial charge in [0.2, 0.25) is 5.91 Å². The maximum Gasteiger partial charge on any atom is 0.418 e. The molecule has 35 heavy (non-hydrogen) atoms. The number of rotatable bonds is 6. The fourth-order valence-electron chi connectivity index (χ4n) is 3.02. The van der Waals surface area contributed by atoms with Crippen molar-refractivity contribution in [2.45, 2.75) is 10.5 Å². The highest BCUT2D eigenvalue weighted by atomic mass is 79.9. The maximum atomic E-state index is 13.1. The molecule has 0 aliphatic carbocycles. The minimum Gasteiger partial charge on any atom is -0.506 e. The number of aliphatic imine (C=N–C) groups is 1. The van der Waals surface area contributed by atoms with E-state index < -0.39 is 17.6 Å². The summed E-state index contributed by atoms with van der Waals surface area (Å²) in [6.45, 7) is 0. The number of aromatic hydroxyl groups is 1. The van der Waals surface area contributed by atoms with Crippen LogP contribution in [0.2, 0.25) is 0 Å². The van der Waals surface area contributed by atoms with Gasteiger partial charge in [0.25, 0.3) is 0 Å². The van der Waals surface area contributed by atoms with Gasteiger partial charge < -0.3 is 10.4 Å². The molecule has 0 unspecified atom stereocenters. The van der Waals surface area contributed by atoms with E-state index in [1.807, 2.05) is 6.07 Å². The number of phenolic OH excluding ortho intramolecular Hbond substituents is 1. The monoisotopic (exact) mass is 643 g/mol. The molecule has 0 bridgehead atoms. The van der Waals surface area contributed by atoms with Crippen molar-refractivity contribution in [1.29, 1.82) is 0 Å². The molecule has 0 saturated heterocycles. The van der Waals surface area contributed by atoms with E-state index >= 15 is 0 Å². The van der Waals surface area contributed by atoms with E-state index in [9.17, 15) is 23.1 Å². The second-order valence-corrected chi connectivity index (χ2v) is 11.1. The van der Waals surface area contributed by atoms with E-state index in [1.54, 1.807) is 30.5 Å². The van der Waals surface area contributed by atoms with Gasteiger partial charge in [0.15, 0.2) is 4.34 Å². The molecule has 1 heterocycles. The van der Waals surface area contributed by atoms with Gasteiger partial charge in [0.1, 0.15) is 5.75 Å². The van der Waals surface area contributed by atoms with Crippen molar-refractivity contribution in [3.05, 3.63) is 74.7 Å². The predicted molar refractivity (Wildman–Crippen MR) is 141 cm³/mol. The molecule has 0 atom stereocenters. The lowest BCUT2D eigenvalue weighted by Crippen LogP contribution is -2.18. The Morgan fingerprint density at radius 2 is 1.94 bits per heavy atom. The summed E-state index contributed by atoms with van der Waals surface area (Å²) in [7, 11) is 0. The SMILES string of the molecule is O=C(CSc1nc2ccc(N=Cc3cc(Br)cc(Br)c3O)cc2s1)Nc1ccccc1C(F)(F)F. The first-order valence-corrected chi connectivity index (χ1v) is 13.2. The number of thiazole rings is 1. The van der Waals surface area contributed by atoms with E-state index in [1.165, 1.54) is 29.5 Å². The molecule has 5 nitrogen and oxygen atoms in total. The molecule has 0 radical (unpaired) electrons. The topological polar surface area (TPSA) is 74.6 Å². The molecule has 1 amide bonds. The van der Waals surface area contributed by atoms with Gasteiger partial charge in [0.05, 0.1) is 37.4 Å². The van der Waals surface area contributed by atoms with Gasteiger partial charge in [-0.1, -0.05) is 39.8 Å². The summed E-state index contributed by atoms with van der Waals surface area (Å²) in [5.74, 6) is -0.574. The van der Waals surface area contributed by atoms with Gasteiger partial charge in [-0.25, -0.2) is 4.98 Å². The summed E-state index contributed by atoms with van der Waals surface area (Å²) < 4.78 is 42.1. The molecule has 0 aliphatic heterocycles. The third-order valence-electron chi connectivity index (χ3n) is 4.60. The summed E-state index contributed by atoms with van der Waals surface area (Å²) in [6, 6.07) is 13.7. The molecular formula is C23H14Br2F3N3O2S2. The zero-order valence-electron chi connectivity index (χ0n) is 17.4. The van der Waals surface area contributed by atoms with Crippen molar-refractivity contribution in [2.75, 3.05) is 11.1 Å². The fraction of sp³-hybridized carbons (Fsp3) is 0.0870. The summed E-state index contributed by atoms with van der Waals surface area (Å²) in [5.41, 5.74) is 0.725. The number of fused-ring (bicyclic) bond motifs is 1. The predicted octanol–water partition coefficient (Wildman–Crippen LogP) is 8.03. The highest BCUT2D eigenvalue weighted by molar-refractivity contribution is 9.11. The number of thioether (sulfide) groups is 1. The lowest BCUT2D eigenvalue weighted by atomic mass is 10.1.